The SMILES string of the molecule is C=CCc1ccccc1OCC(=O)N/N=C/c1c(OCc2ccc(F)cc2)ccc2ccccc12. The molecule has 5 nitrogen and oxygen atoms in total. The van der Waals surface area contributed by atoms with Crippen molar-refractivity contribution < 1.29 is 18.7 Å². The molecule has 4 aromatic carbocycles. The molecule has 0 unspecified atom stereocenters. The van der Waals surface area contributed by atoms with Gasteiger partial charge in [0.1, 0.15) is 23.9 Å². The van der Waals surface area contributed by atoms with Crippen LogP contribution in [0.15, 0.2) is 103 Å². The molecule has 4 rings (SSSR count). The molecule has 1 N–H and O–H groups in total. The molecule has 0 radical (unpaired) electrons. The van der Waals surface area contributed by atoms with Crippen LogP contribution in [0.25, 0.3) is 10.8 Å². The second-order valence-electron chi connectivity index (χ2n) is 7.80. The van der Waals surface area contributed by atoms with E-state index in [9.17, 15) is 9.18 Å². The maximum atomic E-state index is 13.2. The van der Waals surface area contributed by atoms with E-state index in [0.717, 1.165) is 27.5 Å². The molecular weight excluding hydrogens is 443 g/mol. The lowest BCUT2D eigenvalue weighted by Crippen LogP contribution is -2.24. The van der Waals surface area contributed by atoms with Gasteiger partial charge in [-0.3, -0.25) is 4.79 Å². The number of para-hydroxylation sites is 1. The molecule has 0 aliphatic rings. The highest BCUT2D eigenvalue weighted by Crippen LogP contribution is 2.27. The number of hydrogen-bond acceptors (Lipinski definition) is 4. The second-order valence-corrected chi connectivity index (χ2v) is 7.80. The Morgan fingerprint density at radius 3 is 2.51 bits per heavy atom. The van der Waals surface area contributed by atoms with Gasteiger partial charge in [-0.1, -0.05) is 66.7 Å². The predicted octanol–water partition coefficient (Wildman–Crippen LogP) is 5.82. The smallest absolute Gasteiger partial charge is 0.277 e. The Balaban J connectivity index is 1.45. The van der Waals surface area contributed by atoms with Gasteiger partial charge in [0.25, 0.3) is 5.91 Å². The molecule has 6 heteroatoms. The zero-order valence-corrected chi connectivity index (χ0v) is 19.1. The van der Waals surface area contributed by atoms with E-state index in [0.29, 0.717) is 17.9 Å². The predicted molar refractivity (Wildman–Crippen MR) is 136 cm³/mol. The third-order valence-electron chi connectivity index (χ3n) is 5.32. The standard InChI is InChI=1S/C29H25FN2O3/c1-2-7-23-9-4-6-11-27(23)35-20-29(33)32-31-18-26-25-10-5-3-8-22(25)14-17-28(26)34-19-21-12-15-24(30)16-13-21/h2-6,8-18H,1,7,19-20H2,(H,32,33)/b31-18+. The van der Waals surface area contributed by atoms with E-state index in [1.807, 2.05) is 60.7 Å². The Morgan fingerprint density at radius 2 is 1.69 bits per heavy atom. The average Bonchev–Trinajstić information content (AvgIpc) is 2.88. The van der Waals surface area contributed by atoms with E-state index in [-0.39, 0.29) is 24.9 Å². The minimum absolute atomic E-state index is 0.172. The molecule has 0 atom stereocenters. The number of carbonyl (C=O) groups is 1. The number of carbonyl (C=O) groups excluding carboxylic acids is 1. The summed E-state index contributed by atoms with van der Waals surface area (Å²) in [5.41, 5.74) is 5.03. The number of nitrogens with zero attached hydrogens (tertiary/aromatic N) is 1. The Hall–Kier alpha value is -4.45. The van der Waals surface area contributed by atoms with Crippen molar-refractivity contribution in [1.29, 1.82) is 0 Å². The maximum Gasteiger partial charge on any atom is 0.277 e. The molecule has 0 heterocycles. The van der Waals surface area contributed by atoms with Gasteiger partial charge >= 0.3 is 0 Å². The molecular formula is C29H25FN2O3. The number of fused-ring (bicyclic) bond motifs is 1. The van der Waals surface area contributed by atoms with Gasteiger partial charge in [0.2, 0.25) is 0 Å². The highest BCUT2D eigenvalue weighted by atomic mass is 19.1. The number of nitrogens with one attached hydrogen (secondary N) is 1. The van der Waals surface area contributed by atoms with Crippen LogP contribution in [0, 0.1) is 5.82 Å². The van der Waals surface area contributed by atoms with Gasteiger partial charge in [0.05, 0.1) is 6.21 Å². The number of benzene rings is 4. The quantitative estimate of drug-likeness (QED) is 0.181. The number of rotatable bonds is 10. The molecule has 0 saturated carbocycles. The lowest BCUT2D eigenvalue weighted by molar-refractivity contribution is -0.123. The van der Waals surface area contributed by atoms with Crippen molar-refractivity contribution in [3.8, 4) is 11.5 Å². The molecule has 176 valence electrons. The summed E-state index contributed by atoms with van der Waals surface area (Å²) >= 11 is 0. The highest BCUT2D eigenvalue weighted by molar-refractivity contribution is 6.02. The van der Waals surface area contributed by atoms with Crippen molar-refractivity contribution in [2.45, 2.75) is 13.0 Å². The van der Waals surface area contributed by atoms with Crippen LogP contribution in [0.4, 0.5) is 4.39 Å². The Bertz CT molecular complexity index is 1350. The Morgan fingerprint density at radius 1 is 0.914 bits per heavy atom. The first-order chi connectivity index (χ1) is 17.1. The van der Waals surface area contributed by atoms with E-state index in [1.165, 1.54) is 12.1 Å². The van der Waals surface area contributed by atoms with Crippen molar-refractivity contribution in [2.75, 3.05) is 6.61 Å². The summed E-state index contributed by atoms with van der Waals surface area (Å²) in [7, 11) is 0. The lowest BCUT2D eigenvalue weighted by Gasteiger charge is -2.12. The van der Waals surface area contributed by atoms with Gasteiger partial charge in [-0.15, -0.1) is 6.58 Å². The zero-order chi connectivity index (χ0) is 24.5. The van der Waals surface area contributed by atoms with E-state index >= 15 is 0 Å². The summed E-state index contributed by atoms with van der Waals surface area (Å²) < 4.78 is 24.9. The highest BCUT2D eigenvalue weighted by Gasteiger charge is 2.09. The van der Waals surface area contributed by atoms with Gasteiger partial charge in [-0.25, -0.2) is 9.82 Å². The zero-order valence-electron chi connectivity index (χ0n) is 19.1. The van der Waals surface area contributed by atoms with Crippen LogP contribution in [-0.2, 0) is 17.8 Å². The van der Waals surface area contributed by atoms with Crippen LogP contribution in [0.2, 0.25) is 0 Å². The third kappa shape index (κ3) is 6.32. The fraction of sp³-hybridized carbons (Fsp3) is 0.103. The van der Waals surface area contributed by atoms with Crippen LogP contribution in [0.5, 0.6) is 11.5 Å². The van der Waals surface area contributed by atoms with Crippen LogP contribution < -0.4 is 14.9 Å². The molecule has 1 amide bonds. The molecule has 0 aliphatic carbocycles. The topological polar surface area (TPSA) is 59.9 Å². The number of halogens is 1. The molecule has 35 heavy (non-hydrogen) atoms. The van der Waals surface area contributed by atoms with Crippen molar-refractivity contribution in [1.82, 2.24) is 5.43 Å². The van der Waals surface area contributed by atoms with Crippen molar-refractivity contribution in [2.24, 2.45) is 5.10 Å². The first-order valence-corrected chi connectivity index (χ1v) is 11.2. The van der Waals surface area contributed by atoms with E-state index in [4.69, 9.17) is 9.47 Å². The molecule has 0 spiro atoms. The fourth-order valence-electron chi connectivity index (χ4n) is 3.59. The van der Waals surface area contributed by atoms with E-state index in [2.05, 4.69) is 17.1 Å². The normalized spacial score (nSPS) is 10.9. The summed E-state index contributed by atoms with van der Waals surface area (Å²) in [6, 6.07) is 25.3. The monoisotopic (exact) mass is 468 g/mol. The summed E-state index contributed by atoms with van der Waals surface area (Å²) in [5.74, 6) is 0.553. The van der Waals surface area contributed by atoms with Crippen LogP contribution >= 0.6 is 0 Å². The Labute approximate surface area is 203 Å². The van der Waals surface area contributed by atoms with Gasteiger partial charge in [0, 0.05) is 5.56 Å². The second kappa shape index (κ2) is 11.6. The molecule has 0 saturated heterocycles. The van der Waals surface area contributed by atoms with Crippen molar-refractivity contribution >= 4 is 22.9 Å². The first-order valence-electron chi connectivity index (χ1n) is 11.2. The number of ether oxygens (including phenoxy) is 2. The number of allylic oxidation sites excluding steroid dienone is 1. The number of amides is 1. The van der Waals surface area contributed by atoms with Crippen LogP contribution in [-0.4, -0.2) is 18.7 Å². The molecule has 4 aromatic rings. The van der Waals surface area contributed by atoms with Gasteiger partial charge in [-0.2, -0.15) is 5.10 Å². The summed E-state index contributed by atoms with van der Waals surface area (Å²) in [4.78, 5) is 12.3. The summed E-state index contributed by atoms with van der Waals surface area (Å²) in [5, 5.41) is 6.08. The van der Waals surface area contributed by atoms with Crippen LogP contribution in [0.1, 0.15) is 16.7 Å². The van der Waals surface area contributed by atoms with E-state index in [1.54, 1.807) is 24.4 Å². The maximum absolute atomic E-state index is 13.2. The minimum Gasteiger partial charge on any atom is -0.488 e. The van der Waals surface area contributed by atoms with E-state index < -0.39 is 0 Å². The molecule has 0 aliphatic heterocycles. The largest absolute Gasteiger partial charge is 0.488 e. The minimum atomic E-state index is -0.385. The van der Waals surface area contributed by atoms with Crippen LogP contribution in [0.3, 0.4) is 0 Å². The van der Waals surface area contributed by atoms with Gasteiger partial charge in [0.15, 0.2) is 6.61 Å². The Kier molecular flexibility index (Phi) is 7.86. The number of hydrogen-bond donors (Lipinski definition) is 1. The van der Waals surface area contributed by atoms with Gasteiger partial charge in [-0.05, 0) is 52.6 Å². The number of hydrazone groups is 1. The van der Waals surface area contributed by atoms with Crippen molar-refractivity contribution in [3.63, 3.8) is 0 Å². The third-order valence-corrected chi connectivity index (χ3v) is 5.32. The lowest BCUT2D eigenvalue weighted by atomic mass is 10.0. The fourth-order valence-corrected chi connectivity index (χ4v) is 3.59. The van der Waals surface area contributed by atoms with Crippen molar-refractivity contribution in [3.05, 3.63) is 120 Å². The summed E-state index contributed by atoms with van der Waals surface area (Å²) in [6.07, 6.45) is 4.00. The average molecular weight is 469 g/mol. The summed E-state index contributed by atoms with van der Waals surface area (Å²) in [6.45, 7) is 3.84. The molecule has 0 bridgehead atoms. The molecule has 0 fully saturated rings. The first kappa shape index (κ1) is 23.7. The molecule has 0 aromatic heterocycles. The van der Waals surface area contributed by atoms with Gasteiger partial charge < -0.3 is 9.47 Å².